The number of likely N-dealkylation sites (tertiary alicyclic amines) is 1. The van der Waals surface area contributed by atoms with Crippen molar-refractivity contribution in [1.29, 1.82) is 0 Å². The topological polar surface area (TPSA) is 49.4 Å². The summed E-state index contributed by atoms with van der Waals surface area (Å²) in [5.41, 5.74) is 2.60. The molecule has 2 atom stereocenters. The lowest BCUT2D eigenvalue weighted by atomic mass is 10.1. The Morgan fingerprint density at radius 2 is 1.92 bits per heavy atom. The second kappa shape index (κ2) is 7.28. The lowest BCUT2D eigenvalue weighted by Crippen LogP contribution is -2.30. The van der Waals surface area contributed by atoms with Crippen LogP contribution in [0.4, 0.5) is 5.69 Å². The highest BCUT2D eigenvalue weighted by atomic mass is 35.5. The van der Waals surface area contributed by atoms with Crippen LogP contribution in [0, 0.1) is 12.8 Å². The van der Waals surface area contributed by atoms with E-state index in [9.17, 15) is 9.59 Å². The summed E-state index contributed by atoms with van der Waals surface area (Å²) in [6.07, 6.45) is 0.239. The van der Waals surface area contributed by atoms with Crippen LogP contribution in [0.3, 0.4) is 0 Å². The van der Waals surface area contributed by atoms with Gasteiger partial charge in [-0.15, -0.1) is 0 Å². The number of anilines is 1. The monoisotopic (exact) mass is 356 g/mol. The van der Waals surface area contributed by atoms with Crippen LogP contribution < -0.4 is 5.32 Å². The van der Waals surface area contributed by atoms with Crippen LogP contribution in [0.5, 0.6) is 0 Å². The second-order valence-electron chi connectivity index (χ2n) is 6.44. The third-order valence-corrected chi connectivity index (χ3v) is 5.21. The number of hydrogen-bond donors (Lipinski definition) is 1. The predicted molar refractivity (Wildman–Crippen MR) is 99.5 cm³/mol. The fourth-order valence-electron chi connectivity index (χ4n) is 3.17. The number of hydrogen-bond acceptors (Lipinski definition) is 2. The zero-order valence-corrected chi connectivity index (χ0v) is 15.1. The summed E-state index contributed by atoms with van der Waals surface area (Å²) in [5.74, 6) is -0.474. The first-order chi connectivity index (χ1) is 12.0. The Labute approximate surface area is 152 Å². The van der Waals surface area contributed by atoms with Crippen LogP contribution in [0.15, 0.2) is 48.5 Å². The van der Waals surface area contributed by atoms with Crippen molar-refractivity contribution in [2.24, 2.45) is 5.92 Å². The molecule has 0 bridgehead atoms. The van der Waals surface area contributed by atoms with E-state index in [1.807, 2.05) is 50.2 Å². The van der Waals surface area contributed by atoms with Crippen LogP contribution in [0.25, 0.3) is 0 Å². The number of nitrogens with one attached hydrogen (secondary N) is 1. The first-order valence-electron chi connectivity index (χ1n) is 8.37. The molecule has 130 valence electrons. The van der Waals surface area contributed by atoms with Gasteiger partial charge in [0.2, 0.25) is 11.8 Å². The average molecular weight is 357 g/mol. The molecule has 0 aromatic heterocycles. The van der Waals surface area contributed by atoms with Crippen LogP contribution >= 0.6 is 11.6 Å². The Morgan fingerprint density at radius 3 is 2.64 bits per heavy atom. The van der Waals surface area contributed by atoms with Gasteiger partial charge in [0.05, 0.1) is 12.0 Å². The number of carbonyl (C=O) groups is 2. The lowest BCUT2D eigenvalue weighted by molar-refractivity contribution is -0.129. The Balaban J connectivity index is 1.69. The third kappa shape index (κ3) is 3.69. The van der Waals surface area contributed by atoms with Gasteiger partial charge in [0.25, 0.3) is 0 Å². The largest absolute Gasteiger partial charge is 0.335 e. The maximum atomic E-state index is 12.6. The summed E-state index contributed by atoms with van der Waals surface area (Å²) >= 11 is 6.10. The van der Waals surface area contributed by atoms with Gasteiger partial charge in [0.1, 0.15) is 0 Å². The Bertz CT molecular complexity index is 792. The lowest BCUT2D eigenvalue weighted by Gasteiger charge is -2.25. The molecule has 1 heterocycles. The van der Waals surface area contributed by atoms with Crippen molar-refractivity contribution in [2.45, 2.75) is 26.3 Å². The maximum Gasteiger partial charge on any atom is 0.229 e. The third-order valence-electron chi connectivity index (χ3n) is 4.80. The van der Waals surface area contributed by atoms with Crippen LogP contribution in [-0.2, 0) is 9.59 Å². The molecule has 1 aliphatic rings. The van der Waals surface area contributed by atoms with E-state index in [0.717, 1.165) is 11.1 Å². The van der Waals surface area contributed by atoms with Gasteiger partial charge < -0.3 is 10.2 Å². The number of nitrogens with zero attached hydrogens (tertiary/aromatic N) is 1. The van der Waals surface area contributed by atoms with Crippen molar-refractivity contribution in [3.63, 3.8) is 0 Å². The number of carbonyl (C=O) groups excluding carboxylic acids is 2. The molecule has 1 N–H and O–H groups in total. The maximum absolute atomic E-state index is 12.6. The molecule has 1 saturated heterocycles. The molecule has 2 aromatic rings. The molecule has 5 heteroatoms. The first-order valence-corrected chi connectivity index (χ1v) is 8.75. The number of benzene rings is 2. The summed E-state index contributed by atoms with van der Waals surface area (Å²) < 4.78 is 0. The summed E-state index contributed by atoms with van der Waals surface area (Å²) in [6.45, 7) is 4.29. The number of halogens is 1. The van der Waals surface area contributed by atoms with Crippen molar-refractivity contribution in [3.8, 4) is 0 Å². The highest BCUT2D eigenvalue weighted by Gasteiger charge is 2.37. The zero-order chi connectivity index (χ0) is 18.0. The van der Waals surface area contributed by atoms with Crippen molar-refractivity contribution in [2.75, 3.05) is 11.9 Å². The van der Waals surface area contributed by atoms with E-state index in [1.165, 1.54) is 0 Å². The molecule has 25 heavy (non-hydrogen) atoms. The van der Waals surface area contributed by atoms with Gasteiger partial charge in [-0.1, -0.05) is 48.0 Å². The molecular weight excluding hydrogens is 336 g/mol. The molecule has 0 radical (unpaired) electrons. The minimum absolute atomic E-state index is 0.0133. The Morgan fingerprint density at radius 1 is 1.20 bits per heavy atom. The first kappa shape index (κ1) is 17.5. The number of amides is 2. The number of rotatable bonds is 4. The van der Waals surface area contributed by atoms with Gasteiger partial charge in [-0.25, -0.2) is 0 Å². The van der Waals surface area contributed by atoms with Crippen LogP contribution in [-0.4, -0.2) is 23.3 Å². The second-order valence-corrected chi connectivity index (χ2v) is 6.84. The van der Waals surface area contributed by atoms with Crippen molar-refractivity contribution >= 4 is 29.1 Å². The van der Waals surface area contributed by atoms with Gasteiger partial charge in [0, 0.05) is 23.7 Å². The molecule has 2 aromatic carbocycles. The van der Waals surface area contributed by atoms with Crippen molar-refractivity contribution in [3.05, 3.63) is 64.7 Å². The van der Waals surface area contributed by atoms with Crippen molar-refractivity contribution < 1.29 is 9.59 Å². The highest BCUT2D eigenvalue weighted by molar-refractivity contribution is 6.31. The molecule has 0 aliphatic carbocycles. The Hall–Kier alpha value is -2.33. The van der Waals surface area contributed by atoms with Gasteiger partial charge in [0.15, 0.2) is 0 Å². The van der Waals surface area contributed by atoms with Crippen LogP contribution in [0.1, 0.15) is 30.5 Å². The molecule has 4 nitrogen and oxygen atoms in total. The summed E-state index contributed by atoms with van der Waals surface area (Å²) in [7, 11) is 0. The van der Waals surface area contributed by atoms with E-state index in [0.29, 0.717) is 17.3 Å². The predicted octanol–water partition coefficient (Wildman–Crippen LogP) is 4.20. The van der Waals surface area contributed by atoms with Gasteiger partial charge in [-0.3, -0.25) is 9.59 Å². The zero-order valence-electron chi connectivity index (χ0n) is 14.3. The average Bonchev–Trinajstić information content (AvgIpc) is 3.01. The minimum atomic E-state index is -0.350. The van der Waals surface area contributed by atoms with Gasteiger partial charge >= 0.3 is 0 Å². The molecule has 3 rings (SSSR count). The summed E-state index contributed by atoms with van der Waals surface area (Å²) in [6, 6.07) is 15.2. The standard InChI is InChI=1S/C20H21ClN2O2/c1-13-17(21)9-6-10-18(13)22-20(25)16-11-19(24)23(12-16)14(2)15-7-4-3-5-8-15/h3-10,14,16H,11-12H2,1-2H3,(H,22,25)/t14-,16-/m1/s1. The normalized spacial score (nSPS) is 18.3. The fourth-order valence-corrected chi connectivity index (χ4v) is 3.35. The summed E-state index contributed by atoms with van der Waals surface area (Å²) in [5, 5.41) is 3.52. The molecule has 0 unspecified atom stereocenters. The molecule has 1 aliphatic heterocycles. The van der Waals surface area contributed by atoms with E-state index in [-0.39, 0.29) is 30.2 Å². The van der Waals surface area contributed by atoms with E-state index in [2.05, 4.69) is 5.32 Å². The molecule has 2 amide bonds. The van der Waals surface area contributed by atoms with Crippen molar-refractivity contribution in [1.82, 2.24) is 4.90 Å². The van der Waals surface area contributed by atoms with E-state index in [4.69, 9.17) is 11.6 Å². The van der Waals surface area contributed by atoms with E-state index >= 15 is 0 Å². The highest BCUT2D eigenvalue weighted by Crippen LogP contribution is 2.30. The summed E-state index contributed by atoms with van der Waals surface area (Å²) in [4.78, 5) is 26.8. The quantitative estimate of drug-likeness (QED) is 0.892. The van der Waals surface area contributed by atoms with Crippen LogP contribution in [0.2, 0.25) is 5.02 Å². The van der Waals surface area contributed by atoms with E-state index < -0.39 is 0 Å². The minimum Gasteiger partial charge on any atom is -0.335 e. The SMILES string of the molecule is Cc1c(Cl)cccc1NC(=O)[C@@H]1CC(=O)N([C@H](C)c2ccccc2)C1. The Kier molecular flexibility index (Phi) is 5.09. The van der Waals surface area contributed by atoms with E-state index in [1.54, 1.807) is 17.0 Å². The molecule has 1 fully saturated rings. The fraction of sp³-hybridized carbons (Fsp3) is 0.300. The molecule has 0 saturated carbocycles. The molecular formula is C20H21ClN2O2. The van der Waals surface area contributed by atoms with Gasteiger partial charge in [-0.2, -0.15) is 0 Å². The van der Waals surface area contributed by atoms with Gasteiger partial charge in [-0.05, 0) is 37.1 Å². The molecule has 0 spiro atoms. The smallest absolute Gasteiger partial charge is 0.229 e.